The van der Waals surface area contributed by atoms with E-state index in [0.717, 1.165) is 37.0 Å². The van der Waals surface area contributed by atoms with Crippen LogP contribution in [0.4, 0.5) is 8.78 Å². The van der Waals surface area contributed by atoms with Gasteiger partial charge in [0.25, 0.3) is 0 Å². The first-order chi connectivity index (χ1) is 17.6. The molecule has 1 aromatic carbocycles. The number of rotatable bonds is 9. The fourth-order valence-corrected chi connectivity index (χ4v) is 4.27. The molecule has 0 bridgehead atoms. The van der Waals surface area contributed by atoms with Crippen LogP contribution in [0.1, 0.15) is 30.5 Å². The van der Waals surface area contributed by atoms with Crippen molar-refractivity contribution in [3.05, 3.63) is 53.6 Å². The van der Waals surface area contributed by atoms with Gasteiger partial charge >= 0.3 is 0 Å². The zero-order valence-corrected chi connectivity index (χ0v) is 20.1. The second kappa shape index (κ2) is 10.6. The lowest BCUT2D eigenvalue weighted by Crippen LogP contribution is -2.24. The maximum atomic E-state index is 14.9. The van der Waals surface area contributed by atoms with Crippen molar-refractivity contribution in [3.63, 3.8) is 0 Å². The van der Waals surface area contributed by atoms with Crippen LogP contribution in [-0.4, -0.2) is 58.7 Å². The molecule has 0 radical (unpaired) electrons. The Bertz CT molecular complexity index is 1320. The summed E-state index contributed by atoms with van der Waals surface area (Å²) in [4.78, 5) is 4.41. The fraction of sp³-hybridized carbons (Fsp3) is 0.400. The first kappa shape index (κ1) is 24.1. The lowest BCUT2D eigenvalue weighted by Gasteiger charge is -2.22. The number of pyridine rings is 1. The van der Waals surface area contributed by atoms with Gasteiger partial charge in [0, 0.05) is 59.3 Å². The zero-order chi connectivity index (χ0) is 25.1. The molecule has 11 heteroatoms. The molecule has 0 saturated carbocycles. The van der Waals surface area contributed by atoms with Gasteiger partial charge in [-0.05, 0) is 25.3 Å². The molecule has 1 N–H and O–H groups in total. The molecule has 5 rings (SSSR count). The average Bonchev–Trinajstić information content (AvgIpc) is 3.54. The Morgan fingerprint density at radius 2 is 1.89 bits per heavy atom. The van der Waals surface area contributed by atoms with Crippen molar-refractivity contribution >= 4 is 11.0 Å². The maximum absolute atomic E-state index is 14.9. The number of hydrogen-bond donors (Lipinski definition) is 1. The van der Waals surface area contributed by atoms with Crippen molar-refractivity contribution in [1.82, 2.24) is 25.0 Å². The highest BCUT2D eigenvalue weighted by Crippen LogP contribution is 2.33. The van der Waals surface area contributed by atoms with Crippen molar-refractivity contribution in [2.24, 2.45) is 0 Å². The number of hydrogen-bond acceptors (Lipinski definition) is 7. The number of aromatic amines is 1. The summed E-state index contributed by atoms with van der Waals surface area (Å²) in [7, 11) is 2.63. The van der Waals surface area contributed by atoms with Gasteiger partial charge in [-0.15, -0.1) is 0 Å². The minimum atomic E-state index is -0.787. The average molecular weight is 500 g/mol. The van der Waals surface area contributed by atoms with Crippen molar-refractivity contribution in [2.45, 2.75) is 38.5 Å². The van der Waals surface area contributed by atoms with E-state index in [1.165, 1.54) is 20.3 Å². The quantitative estimate of drug-likeness (QED) is 0.368. The van der Waals surface area contributed by atoms with Crippen molar-refractivity contribution in [3.8, 4) is 22.6 Å². The van der Waals surface area contributed by atoms with Crippen LogP contribution < -0.4 is 9.47 Å². The number of H-pyrrole nitrogens is 1. The van der Waals surface area contributed by atoms with E-state index in [2.05, 4.69) is 20.3 Å². The summed E-state index contributed by atoms with van der Waals surface area (Å²) in [6.07, 6.45) is 8.22. The van der Waals surface area contributed by atoms with Crippen LogP contribution in [0.5, 0.6) is 11.5 Å². The number of ether oxygens (including phenoxy) is 4. The Hall–Kier alpha value is -3.57. The van der Waals surface area contributed by atoms with E-state index in [1.807, 2.05) is 12.3 Å². The molecular weight excluding hydrogens is 472 g/mol. The molecule has 36 heavy (non-hydrogen) atoms. The van der Waals surface area contributed by atoms with E-state index in [-0.39, 0.29) is 29.8 Å². The second-order valence-electron chi connectivity index (χ2n) is 8.52. The van der Waals surface area contributed by atoms with E-state index in [4.69, 9.17) is 18.9 Å². The van der Waals surface area contributed by atoms with Crippen LogP contribution in [0.25, 0.3) is 22.2 Å². The van der Waals surface area contributed by atoms with Gasteiger partial charge < -0.3 is 18.9 Å². The van der Waals surface area contributed by atoms with Gasteiger partial charge in [0.05, 0.1) is 33.6 Å². The molecule has 1 aliphatic rings. The predicted octanol–water partition coefficient (Wildman–Crippen LogP) is 4.25. The molecule has 4 heterocycles. The van der Waals surface area contributed by atoms with Crippen LogP contribution in [0.3, 0.4) is 0 Å². The largest absolute Gasteiger partial charge is 0.494 e. The lowest BCUT2D eigenvalue weighted by molar-refractivity contribution is -0.163. The number of methoxy groups -OCH3 is 2. The Labute approximate surface area is 206 Å². The smallest absolute Gasteiger partial charge is 0.181 e. The maximum Gasteiger partial charge on any atom is 0.181 e. The van der Waals surface area contributed by atoms with E-state index in [1.54, 1.807) is 17.1 Å². The Balaban J connectivity index is 1.35. The van der Waals surface area contributed by atoms with Gasteiger partial charge in [-0.3, -0.25) is 9.78 Å². The van der Waals surface area contributed by atoms with Gasteiger partial charge in [0.1, 0.15) is 0 Å². The molecule has 0 spiro atoms. The van der Waals surface area contributed by atoms with Gasteiger partial charge in [0.2, 0.25) is 0 Å². The molecule has 0 aliphatic carbocycles. The Morgan fingerprint density at radius 1 is 1.08 bits per heavy atom. The number of nitrogens with zero attached hydrogens (tertiary/aromatic N) is 4. The monoisotopic (exact) mass is 499 g/mol. The number of benzene rings is 1. The topological polar surface area (TPSA) is 96.3 Å². The van der Waals surface area contributed by atoms with Crippen molar-refractivity contribution < 1.29 is 27.7 Å². The van der Waals surface area contributed by atoms with Gasteiger partial charge in [-0.1, -0.05) is 0 Å². The molecular formula is C25H27F2N5O4. The zero-order valence-electron chi connectivity index (χ0n) is 20.1. The second-order valence-corrected chi connectivity index (χ2v) is 8.52. The fourth-order valence-electron chi connectivity index (χ4n) is 4.27. The molecule has 1 unspecified atom stereocenters. The number of halogens is 2. The van der Waals surface area contributed by atoms with Crippen LogP contribution in [0, 0.1) is 11.6 Å². The minimum absolute atomic E-state index is 0.0906. The van der Waals surface area contributed by atoms with Crippen molar-refractivity contribution in [1.29, 1.82) is 0 Å². The van der Waals surface area contributed by atoms with Crippen LogP contribution in [0.15, 0.2) is 30.7 Å². The molecule has 1 atom stereocenters. The normalized spacial score (nSPS) is 15.9. The molecule has 9 nitrogen and oxygen atoms in total. The summed E-state index contributed by atoms with van der Waals surface area (Å²) in [5.41, 5.74) is 2.43. The van der Waals surface area contributed by atoms with E-state index in [9.17, 15) is 8.78 Å². The molecule has 0 amide bonds. The number of nitrogens with one attached hydrogen (secondary N) is 1. The number of fused-ring (bicyclic) bond motifs is 1. The van der Waals surface area contributed by atoms with E-state index >= 15 is 0 Å². The molecule has 3 aromatic heterocycles. The first-order valence-corrected chi connectivity index (χ1v) is 11.7. The Kier molecular flexibility index (Phi) is 7.10. The van der Waals surface area contributed by atoms with E-state index in [0.29, 0.717) is 29.9 Å². The minimum Gasteiger partial charge on any atom is -0.494 e. The Morgan fingerprint density at radius 3 is 2.61 bits per heavy atom. The van der Waals surface area contributed by atoms with Gasteiger partial charge in [-0.25, -0.2) is 13.8 Å². The summed E-state index contributed by atoms with van der Waals surface area (Å²) in [6.45, 7) is 1.82. The van der Waals surface area contributed by atoms with Crippen LogP contribution >= 0.6 is 0 Å². The highest BCUT2D eigenvalue weighted by Gasteiger charge is 2.22. The highest BCUT2D eigenvalue weighted by molar-refractivity contribution is 5.83. The summed E-state index contributed by atoms with van der Waals surface area (Å²) < 4.78 is 53.1. The molecule has 1 saturated heterocycles. The van der Waals surface area contributed by atoms with Crippen LogP contribution in [0.2, 0.25) is 0 Å². The molecule has 1 aliphatic heterocycles. The summed E-state index contributed by atoms with van der Waals surface area (Å²) >= 11 is 0. The third-order valence-electron chi connectivity index (χ3n) is 6.24. The lowest BCUT2D eigenvalue weighted by atomic mass is 10.0. The summed E-state index contributed by atoms with van der Waals surface area (Å²) in [5, 5.41) is 12.1. The van der Waals surface area contributed by atoms with Gasteiger partial charge in [-0.2, -0.15) is 10.2 Å². The SMILES string of the molecule is COc1cc(OC)c(F)c(Cc2[nH]nc3ncc(-c4cnn(CCOC5CCCCO5)c4)cc23)c1F. The number of aromatic nitrogens is 5. The predicted molar refractivity (Wildman–Crippen MR) is 127 cm³/mol. The summed E-state index contributed by atoms with van der Waals surface area (Å²) in [5.74, 6) is -1.77. The highest BCUT2D eigenvalue weighted by atomic mass is 19.1. The van der Waals surface area contributed by atoms with Crippen molar-refractivity contribution in [2.75, 3.05) is 27.4 Å². The molecule has 190 valence electrons. The summed E-state index contributed by atoms with van der Waals surface area (Å²) in [6, 6.07) is 3.06. The first-order valence-electron chi connectivity index (χ1n) is 11.7. The molecule has 4 aromatic rings. The van der Waals surface area contributed by atoms with Gasteiger partial charge in [0.15, 0.2) is 35.1 Å². The van der Waals surface area contributed by atoms with Crippen LogP contribution in [-0.2, 0) is 22.4 Å². The van der Waals surface area contributed by atoms with E-state index < -0.39 is 11.6 Å². The standard InChI is InChI=1S/C25H27F2N5O4/c1-33-20-11-21(34-2)24(27)18(23(20)26)10-19-17-9-15(12-28-25(17)31-30-19)16-13-29-32(14-16)6-8-36-22-5-3-4-7-35-22/h9,11-14,22H,3-8,10H2,1-2H3,(H,28,30,31). The molecule has 1 fully saturated rings. The third-order valence-corrected chi connectivity index (χ3v) is 6.24. The third kappa shape index (κ3) is 4.89.